The number of unbranched alkanes of at least 4 members (excludes halogenated alkanes) is 3. The van der Waals surface area contributed by atoms with Gasteiger partial charge in [-0.15, -0.1) is 0 Å². The molecule has 0 aromatic heterocycles. The van der Waals surface area contributed by atoms with Crippen LogP contribution in [0.4, 0.5) is 0 Å². The second kappa shape index (κ2) is 9.04. The molecule has 0 saturated carbocycles. The molecule has 0 amide bonds. The van der Waals surface area contributed by atoms with E-state index in [-0.39, 0.29) is 12.1 Å². The lowest BCUT2D eigenvalue weighted by atomic mass is 10.1. The molecule has 2 N–H and O–H groups in total. The summed E-state index contributed by atoms with van der Waals surface area (Å²) in [4.78, 5) is 11.3. The van der Waals surface area contributed by atoms with E-state index in [2.05, 4.69) is 19.6 Å². The maximum Gasteiger partial charge on any atom is 0.324 e. The molecule has 0 rings (SSSR count). The Labute approximate surface area is 98.2 Å². The van der Waals surface area contributed by atoms with Gasteiger partial charge in [0.05, 0.1) is 6.10 Å². The van der Waals surface area contributed by atoms with E-state index in [1.807, 2.05) is 6.92 Å². The van der Waals surface area contributed by atoms with E-state index in [0.29, 0.717) is 5.75 Å². The molecule has 2 atom stereocenters. The average Bonchev–Trinajstić information content (AvgIpc) is 2.23. The third-order valence-electron chi connectivity index (χ3n) is 2.28. The standard InChI is InChI=1S/C11H23NO2S/c1-3-4-5-6-7-9(2)14-11(13)10(12)8-15/h9-10,15H,3-8,12H2,1-2H3/t9?,10-/m1/s1. The van der Waals surface area contributed by atoms with Crippen LogP contribution in [0.1, 0.15) is 46.0 Å². The van der Waals surface area contributed by atoms with E-state index >= 15 is 0 Å². The predicted octanol–water partition coefficient (Wildman–Crippen LogP) is 2.15. The smallest absolute Gasteiger partial charge is 0.324 e. The molecule has 0 aliphatic carbocycles. The molecule has 90 valence electrons. The fourth-order valence-electron chi connectivity index (χ4n) is 1.28. The minimum absolute atomic E-state index is 0.0275. The SMILES string of the molecule is CCCCCCC(C)OC(=O)[C@H](N)CS. The molecule has 0 spiro atoms. The van der Waals surface area contributed by atoms with Gasteiger partial charge in [-0.1, -0.05) is 26.2 Å². The van der Waals surface area contributed by atoms with Gasteiger partial charge in [0.15, 0.2) is 0 Å². The lowest BCUT2D eigenvalue weighted by molar-refractivity contribution is -0.149. The molecule has 0 heterocycles. The molecule has 0 aliphatic heterocycles. The van der Waals surface area contributed by atoms with Crippen LogP contribution in [0.15, 0.2) is 0 Å². The van der Waals surface area contributed by atoms with Crippen LogP contribution in [0.2, 0.25) is 0 Å². The van der Waals surface area contributed by atoms with Crippen molar-refractivity contribution in [3.63, 3.8) is 0 Å². The first-order valence-corrected chi connectivity index (χ1v) is 6.32. The highest BCUT2D eigenvalue weighted by Crippen LogP contribution is 2.08. The molecule has 15 heavy (non-hydrogen) atoms. The highest BCUT2D eigenvalue weighted by Gasteiger charge is 2.15. The van der Waals surface area contributed by atoms with Crippen LogP contribution in [-0.4, -0.2) is 23.9 Å². The number of rotatable bonds is 8. The van der Waals surface area contributed by atoms with Crippen molar-refractivity contribution in [2.45, 2.75) is 58.1 Å². The first kappa shape index (κ1) is 14.8. The number of thiol groups is 1. The average molecular weight is 233 g/mol. The minimum Gasteiger partial charge on any atom is -0.461 e. The quantitative estimate of drug-likeness (QED) is 0.384. The van der Waals surface area contributed by atoms with Gasteiger partial charge in [-0.3, -0.25) is 4.79 Å². The number of esters is 1. The van der Waals surface area contributed by atoms with Gasteiger partial charge < -0.3 is 10.5 Å². The van der Waals surface area contributed by atoms with Crippen LogP contribution >= 0.6 is 12.6 Å². The van der Waals surface area contributed by atoms with Crippen molar-refractivity contribution < 1.29 is 9.53 Å². The topological polar surface area (TPSA) is 52.3 Å². The monoisotopic (exact) mass is 233 g/mol. The maximum atomic E-state index is 11.3. The van der Waals surface area contributed by atoms with Crippen LogP contribution in [-0.2, 0) is 9.53 Å². The molecule has 0 aliphatic rings. The fourth-order valence-corrected chi connectivity index (χ4v) is 1.43. The Bertz CT molecular complexity index is 176. The number of carbonyl (C=O) groups excluding carboxylic acids is 1. The molecule has 0 aromatic rings. The van der Waals surface area contributed by atoms with Crippen molar-refractivity contribution in [3.05, 3.63) is 0 Å². The Balaban J connectivity index is 3.55. The largest absolute Gasteiger partial charge is 0.461 e. The lowest BCUT2D eigenvalue weighted by Gasteiger charge is -2.15. The summed E-state index contributed by atoms with van der Waals surface area (Å²) < 4.78 is 5.17. The van der Waals surface area contributed by atoms with Crippen molar-refractivity contribution in [1.82, 2.24) is 0 Å². The number of ether oxygens (including phenoxy) is 1. The summed E-state index contributed by atoms with van der Waals surface area (Å²) in [7, 11) is 0. The highest BCUT2D eigenvalue weighted by atomic mass is 32.1. The van der Waals surface area contributed by atoms with Crippen molar-refractivity contribution in [2.75, 3.05) is 5.75 Å². The summed E-state index contributed by atoms with van der Waals surface area (Å²) in [5.74, 6) is -0.00511. The van der Waals surface area contributed by atoms with E-state index in [1.165, 1.54) is 19.3 Å². The molecule has 3 nitrogen and oxygen atoms in total. The lowest BCUT2D eigenvalue weighted by Crippen LogP contribution is -2.35. The van der Waals surface area contributed by atoms with Gasteiger partial charge in [0.2, 0.25) is 0 Å². The zero-order chi connectivity index (χ0) is 11.7. The van der Waals surface area contributed by atoms with E-state index in [4.69, 9.17) is 10.5 Å². The Morgan fingerprint density at radius 1 is 1.40 bits per heavy atom. The van der Waals surface area contributed by atoms with Crippen molar-refractivity contribution in [1.29, 1.82) is 0 Å². The Morgan fingerprint density at radius 2 is 2.07 bits per heavy atom. The van der Waals surface area contributed by atoms with E-state index < -0.39 is 6.04 Å². The van der Waals surface area contributed by atoms with E-state index in [0.717, 1.165) is 12.8 Å². The third kappa shape index (κ3) is 7.68. The molecule has 0 aromatic carbocycles. The number of hydrogen-bond donors (Lipinski definition) is 2. The molecule has 0 bridgehead atoms. The molecule has 0 saturated heterocycles. The summed E-state index contributed by atoms with van der Waals surface area (Å²) in [6.45, 7) is 4.09. The van der Waals surface area contributed by atoms with Crippen LogP contribution < -0.4 is 5.73 Å². The Kier molecular flexibility index (Phi) is 8.91. The van der Waals surface area contributed by atoms with Crippen LogP contribution in [0.5, 0.6) is 0 Å². The van der Waals surface area contributed by atoms with Gasteiger partial charge in [0.1, 0.15) is 6.04 Å². The summed E-state index contributed by atoms with van der Waals surface area (Å²) in [5.41, 5.74) is 5.49. The van der Waals surface area contributed by atoms with Gasteiger partial charge in [0.25, 0.3) is 0 Å². The van der Waals surface area contributed by atoms with Gasteiger partial charge >= 0.3 is 5.97 Å². The van der Waals surface area contributed by atoms with Gasteiger partial charge in [-0.25, -0.2) is 0 Å². The molecule has 4 heteroatoms. The van der Waals surface area contributed by atoms with Crippen LogP contribution in [0, 0.1) is 0 Å². The normalized spacial score (nSPS) is 14.7. The summed E-state index contributed by atoms with van der Waals surface area (Å²) in [5, 5.41) is 0. The molecule has 1 unspecified atom stereocenters. The van der Waals surface area contributed by atoms with Crippen LogP contribution in [0.3, 0.4) is 0 Å². The summed E-state index contributed by atoms with van der Waals surface area (Å²) >= 11 is 3.95. The maximum absolute atomic E-state index is 11.3. The zero-order valence-electron chi connectivity index (χ0n) is 9.74. The van der Waals surface area contributed by atoms with Gasteiger partial charge in [0, 0.05) is 5.75 Å². The predicted molar refractivity (Wildman–Crippen MR) is 66.1 cm³/mol. The first-order chi connectivity index (χ1) is 7.11. The Morgan fingerprint density at radius 3 is 2.60 bits per heavy atom. The fraction of sp³-hybridized carbons (Fsp3) is 0.909. The van der Waals surface area contributed by atoms with Crippen molar-refractivity contribution in [3.8, 4) is 0 Å². The highest BCUT2D eigenvalue weighted by molar-refractivity contribution is 7.80. The number of carbonyl (C=O) groups is 1. The zero-order valence-corrected chi connectivity index (χ0v) is 10.6. The summed E-state index contributed by atoms with van der Waals surface area (Å²) in [6, 6.07) is -0.591. The molecule has 0 fully saturated rings. The molecular weight excluding hydrogens is 210 g/mol. The van der Waals surface area contributed by atoms with Crippen molar-refractivity contribution in [2.24, 2.45) is 5.73 Å². The van der Waals surface area contributed by atoms with Crippen LogP contribution in [0.25, 0.3) is 0 Å². The summed E-state index contributed by atoms with van der Waals surface area (Å²) in [6.07, 6.45) is 5.68. The second-order valence-electron chi connectivity index (χ2n) is 3.89. The van der Waals surface area contributed by atoms with E-state index in [9.17, 15) is 4.79 Å². The van der Waals surface area contributed by atoms with Gasteiger partial charge in [-0.2, -0.15) is 12.6 Å². The molecule has 0 radical (unpaired) electrons. The third-order valence-corrected chi connectivity index (χ3v) is 2.67. The number of hydrogen-bond acceptors (Lipinski definition) is 4. The second-order valence-corrected chi connectivity index (χ2v) is 4.25. The molecular formula is C11H23NO2S. The minimum atomic E-state index is -0.591. The van der Waals surface area contributed by atoms with Crippen molar-refractivity contribution >= 4 is 18.6 Å². The first-order valence-electron chi connectivity index (χ1n) is 5.68. The van der Waals surface area contributed by atoms with E-state index in [1.54, 1.807) is 0 Å². The Hall–Kier alpha value is -0.220. The number of nitrogens with two attached hydrogens (primary N) is 1. The van der Waals surface area contributed by atoms with Gasteiger partial charge in [-0.05, 0) is 19.8 Å².